The van der Waals surface area contributed by atoms with E-state index in [-0.39, 0.29) is 0 Å². The molecule has 0 aromatic heterocycles. The maximum atomic E-state index is 10.7. The van der Waals surface area contributed by atoms with Crippen LogP contribution in [-0.2, 0) is 23.9 Å². The van der Waals surface area contributed by atoms with Gasteiger partial charge in [-0.3, -0.25) is 0 Å². The minimum absolute atomic E-state index is 0.480. The summed E-state index contributed by atoms with van der Waals surface area (Å²) in [6.07, 6.45) is -2.72. The van der Waals surface area contributed by atoms with E-state index in [9.17, 15) is 14.4 Å². The Hall–Kier alpha value is -1.63. The lowest BCUT2D eigenvalue weighted by Crippen LogP contribution is -2.40. The molecule has 2 N–H and O–H groups in total. The Morgan fingerprint density at radius 3 is 1.62 bits per heavy atom. The van der Waals surface area contributed by atoms with Crippen molar-refractivity contribution in [3.8, 4) is 0 Å². The molecule has 0 amide bonds. The summed E-state index contributed by atoms with van der Waals surface area (Å²) in [4.78, 5) is 30.8. The fraction of sp³-hybridized carbons (Fsp3) is 0.667. The van der Waals surface area contributed by atoms with Crippen molar-refractivity contribution in [3.63, 3.8) is 0 Å². The number of esters is 2. The minimum atomic E-state index is -1.23. The Balaban J connectivity index is 0.000000325. The van der Waals surface area contributed by atoms with E-state index in [1.165, 1.54) is 20.8 Å². The van der Waals surface area contributed by atoms with Crippen molar-refractivity contribution >= 4 is 17.9 Å². The summed E-state index contributed by atoms with van der Waals surface area (Å²) in [6.45, 7) is 4.15. The van der Waals surface area contributed by atoms with Gasteiger partial charge >= 0.3 is 17.9 Å². The molecular weight excluding hydrogens is 220 g/mol. The van der Waals surface area contributed by atoms with Crippen LogP contribution in [0.4, 0.5) is 0 Å². The highest BCUT2D eigenvalue weighted by Crippen LogP contribution is 2.08. The van der Waals surface area contributed by atoms with Gasteiger partial charge in [0.05, 0.1) is 0 Å². The van der Waals surface area contributed by atoms with Crippen LogP contribution in [-0.4, -0.2) is 46.4 Å². The number of hydrogen-bond acceptors (Lipinski definition) is 6. The molecule has 1 fully saturated rings. The molecule has 1 saturated heterocycles. The highest BCUT2D eigenvalue weighted by Gasteiger charge is 2.32. The van der Waals surface area contributed by atoms with Crippen LogP contribution >= 0.6 is 0 Å². The van der Waals surface area contributed by atoms with Gasteiger partial charge in [0.25, 0.3) is 0 Å². The topological polar surface area (TPSA) is 110 Å². The first-order valence-electron chi connectivity index (χ1n) is 4.57. The lowest BCUT2D eigenvalue weighted by Gasteiger charge is -2.22. The van der Waals surface area contributed by atoms with Crippen LogP contribution < -0.4 is 0 Å². The van der Waals surface area contributed by atoms with Crippen LogP contribution in [0.2, 0.25) is 0 Å². The standard InChI is InChI=1S/C6H8O4.C3H6O3/c1-3-5(7)10-4(2)6(8)9-3;1-2(4)3(5)6/h3-4H,1-2H3;2,4H,1H3,(H,5,6). The van der Waals surface area contributed by atoms with E-state index in [1.807, 2.05) is 0 Å². The molecule has 7 nitrogen and oxygen atoms in total. The summed E-state index contributed by atoms with van der Waals surface area (Å²) in [5, 5.41) is 15.8. The number of carbonyl (C=O) groups excluding carboxylic acids is 2. The molecular formula is C9H14O7. The number of ether oxygens (including phenoxy) is 2. The van der Waals surface area contributed by atoms with E-state index in [2.05, 4.69) is 9.47 Å². The van der Waals surface area contributed by atoms with E-state index in [0.717, 1.165) is 0 Å². The molecule has 0 spiro atoms. The molecule has 1 rings (SSSR count). The first kappa shape index (κ1) is 14.4. The Morgan fingerprint density at radius 2 is 1.44 bits per heavy atom. The maximum absolute atomic E-state index is 10.7. The van der Waals surface area contributed by atoms with Crippen molar-refractivity contribution in [3.05, 3.63) is 0 Å². The van der Waals surface area contributed by atoms with E-state index < -0.39 is 36.2 Å². The van der Waals surface area contributed by atoms with Gasteiger partial charge in [-0.2, -0.15) is 0 Å². The van der Waals surface area contributed by atoms with Crippen molar-refractivity contribution in [2.75, 3.05) is 0 Å². The molecule has 3 atom stereocenters. The molecule has 0 aromatic carbocycles. The third kappa shape index (κ3) is 4.74. The molecule has 0 aromatic rings. The number of carboxylic acid groups (broad SMARTS) is 1. The van der Waals surface area contributed by atoms with E-state index in [1.54, 1.807) is 0 Å². The maximum Gasteiger partial charge on any atom is 0.347 e. The first-order valence-corrected chi connectivity index (χ1v) is 4.57. The predicted octanol–water partition coefficient (Wildman–Crippen LogP) is -0.685. The number of rotatable bonds is 1. The number of aliphatic carboxylic acids is 1. The van der Waals surface area contributed by atoms with Gasteiger partial charge in [0, 0.05) is 0 Å². The van der Waals surface area contributed by atoms with E-state index in [0.29, 0.717) is 0 Å². The van der Waals surface area contributed by atoms with Gasteiger partial charge in [0.2, 0.25) is 0 Å². The quantitative estimate of drug-likeness (QED) is 0.578. The summed E-state index contributed by atoms with van der Waals surface area (Å²) in [5.41, 5.74) is 0. The Kier molecular flexibility index (Phi) is 5.44. The smallest absolute Gasteiger partial charge is 0.347 e. The zero-order valence-electron chi connectivity index (χ0n) is 9.17. The molecule has 3 unspecified atom stereocenters. The van der Waals surface area contributed by atoms with Crippen LogP contribution in [0.3, 0.4) is 0 Å². The van der Waals surface area contributed by atoms with Crippen molar-refractivity contribution in [2.24, 2.45) is 0 Å². The fourth-order valence-electron chi connectivity index (χ4n) is 0.636. The van der Waals surface area contributed by atoms with Gasteiger partial charge in [-0.05, 0) is 20.8 Å². The number of cyclic esters (lactones) is 2. The largest absolute Gasteiger partial charge is 0.479 e. The van der Waals surface area contributed by atoms with Crippen molar-refractivity contribution in [2.45, 2.75) is 39.1 Å². The van der Waals surface area contributed by atoms with Crippen molar-refractivity contribution < 1.29 is 34.1 Å². The molecule has 0 radical (unpaired) electrons. The summed E-state index contributed by atoms with van der Waals surface area (Å²) < 4.78 is 9.19. The second kappa shape index (κ2) is 6.06. The Morgan fingerprint density at radius 1 is 1.19 bits per heavy atom. The molecule has 0 aliphatic carbocycles. The average Bonchev–Trinajstić information content (AvgIpc) is 2.16. The van der Waals surface area contributed by atoms with Gasteiger partial charge < -0.3 is 19.7 Å². The predicted molar refractivity (Wildman–Crippen MR) is 50.4 cm³/mol. The zero-order chi connectivity index (χ0) is 12.9. The van der Waals surface area contributed by atoms with Crippen LogP contribution in [0.1, 0.15) is 20.8 Å². The van der Waals surface area contributed by atoms with Gasteiger partial charge in [0.15, 0.2) is 12.2 Å². The number of aliphatic hydroxyl groups is 1. The van der Waals surface area contributed by atoms with Crippen LogP contribution in [0.25, 0.3) is 0 Å². The Bertz CT molecular complexity index is 264. The van der Waals surface area contributed by atoms with Gasteiger partial charge in [0.1, 0.15) is 6.10 Å². The third-order valence-electron chi connectivity index (χ3n) is 1.61. The second-order valence-corrected chi connectivity index (χ2v) is 3.17. The second-order valence-electron chi connectivity index (χ2n) is 3.17. The molecule has 0 saturated carbocycles. The molecule has 1 aliphatic heterocycles. The lowest BCUT2D eigenvalue weighted by molar-refractivity contribution is -0.191. The van der Waals surface area contributed by atoms with Gasteiger partial charge in [-0.1, -0.05) is 0 Å². The lowest BCUT2D eigenvalue weighted by atomic mass is 10.3. The summed E-state index contributed by atoms with van der Waals surface area (Å²) >= 11 is 0. The van der Waals surface area contributed by atoms with Crippen LogP contribution in [0, 0.1) is 0 Å². The highest BCUT2D eigenvalue weighted by molar-refractivity contribution is 5.86. The average molecular weight is 234 g/mol. The number of hydrogen-bond donors (Lipinski definition) is 2. The molecule has 0 bridgehead atoms. The SMILES string of the molecule is CC(O)C(=O)O.CC1OC(=O)C(C)OC1=O. The van der Waals surface area contributed by atoms with Crippen molar-refractivity contribution in [1.29, 1.82) is 0 Å². The van der Waals surface area contributed by atoms with Crippen LogP contribution in [0.5, 0.6) is 0 Å². The van der Waals surface area contributed by atoms with Crippen LogP contribution in [0.15, 0.2) is 0 Å². The fourth-order valence-corrected chi connectivity index (χ4v) is 0.636. The monoisotopic (exact) mass is 234 g/mol. The van der Waals surface area contributed by atoms with Gasteiger partial charge in [-0.25, -0.2) is 14.4 Å². The zero-order valence-corrected chi connectivity index (χ0v) is 9.17. The number of carbonyl (C=O) groups is 3. The molecule has 16 heavy (non-hydrogen) atoms. The van der Waals surface area contributed by atoms with Crippen molar-refractivity contribution in [1.82, 2.24) is 0 Å². The van der Waals surface area contributed by atoms with Gasteiger partial charge in [-0.15, -0.1) is 0 Å². The summed E-state index contributed by atoms with van der Waals surface area (Å²) in [6, 6.07) is 0. The molecule has 7 heteroatoms. The highest BCUT2D eigenvalue weighted by atomic mass is 16.6. The molecule has 1 aliphatic rings. The summed E-state index contributed by atoms with van der Waals surface area (Å²) in [5.74, 6) is -2.14. The minimum Gasteiger partial charge on any atom is -0.479 e. The third-order valence-corrected chi connectivity index (χ3v) is 1.61. The normalized spacial score (nSPS) is 25.8. The molecule has 1 heterocycles. The number of aliphatic hydroxyl groups excluding tert-OH is 1. The van der Waals surface area contributed by atoms with E-state index >= 15 is 0 Å². The molecule has 92 valence electrons. The first-order chi connectivity index (χ1) is 7.25. The summed E-state index contributed by atoms with van der Waals surface area (Å²) in [7, 11) is 0. The van der Waals surface area contributed by atoms with E-state index in [4.69, 9.17) is 10.2 Å². The Labute approximate surface area is 92.0 Å². The number of carboxylic acids is 1.